The molecule has 1 unspecified atom stereocenters. The zero-order valence-electron chi connectivity index (χ0n) is 10.7. The number of nitrogens with one attached hydrogen (secondary N) is 1. The maximum atomic E-state index is 11.9. The molecule has 3 amide bonds. The third kappa shape index (κ3) is 2.42. The van der Waals surface area contributed by atoms with Crippen molar-refractivity contribution in [1.82, 2.24) is 10.2 Å². The van der Waals surface area contributed by atoms with E-state index in [2.05, 4.69) is 5.32 Å². The van der Waals surface area contributed by atoms with E-state index in [4.69, 9.17) is 23.2 Å². The van der Waals surface area contributed by atoms with E-state index in [1.54, 1.807) is 25.1 Å². The predicted octanol–water partition coefficient (Wildman–Crippen LogP) is 3.21. The van der Waals surface area contributed by atoms with Gasteiger partial charge in [0, 0.05) is 6.54 Å². The van der Waals surface area contributed by atoms with Crippen LogP contribution in [0.1, 0.15) is 25.8 Å². The van der Waals surface area contributed by atoms with Crippen molar-refractivity contribution in [1.29, 1.82) is 0 Å². The maximum Gasteiger partial charge on any atom is 0.325 e. The molecule has 0 saturated carbocycles. The normalized spacial score (nSPS) is 22.8. The number of carbonyl (C=O) groups excluding carboxylic acids is 2. The van der Waals surface area contributed by atoms with Crippen molar-refractivity contribution in [2.75, 3.05) is 0 Å². The van der Waals surface area contributed by atoms with Crippen LogP contribution in [-0.2, 0) is 11.3 Å². The number of imide groups is 1. The highest BCUT2D eigenvalue weighted by atomic mass is 35.5. The minimum atomic E-state index is -0.816. The first-order valence-electron chi connectivity index (χ1n) is 5.95. The molecule has 0 aromatic heterocycles. The fourth-order valence-electron chi connectivity index (χ4n) is 2.06. The Hall–Kier alpha value is -1.26. The number of urea groups is 1. The van der Waals surface area contributed by atoms with E-state index in [1.165, 1.54) is 4.90 Å². The number of rotatable bonds is 3. The summed E-state index contributed by atoms with van der Waals surface area (Å²) in [6, 6.07) is 4.80. The Balaban J connectivity index is 2.28. The SMILES string of the molecule is CCC1(C)C(=O)NC(=O)N1Cc1ccc(Cl)c(Cl)c1. The van der Waals surface area contributed by atoms with E-state index >= 15 is 0 Å². The van der Waals surface area contributed by atoms with Gasteiger partial charge in [0.15, 0.2) is 0 Å². The lowest BCUT2D eigenvalue weighted by Crippen LogP contribution is -2.45. The van der Waals surface area contributed by atoms with Crippen LogP contribution in [0, 0.1) is 0 Å². The molecule has 1 aromatic rings. The van der Waals surface area contributed by atoms with Gasteiger partial charge < -0.3 is 4.90 Å². The molecule has 1 fully saturated rings. The van der Waals surface area contributed by atoms with Gasteiger partial charge in [0.05, 0.1) is 10.0 Å². The zero-order chi connectivity index (χ0) is 14.2. The summed E-state index contributed by atoms with van der Waals surface area (Å²) < 4.78 is 0. The second-order valence-electron chi connectivity index (χ2n) is 4.72. The molecule has 0 aliphatic carbocycles. The molecule has 6 heteroatoms. The molecule has 0 spiro atoms. The van der Waals surface area contributed by atoms with Crippen LogP contribution in [0.4, 0.5) is 4.79 Å². The molecule has 102 valence electrons. The fourth-order valence-corrected chi connectivity index (χ4v) is 2.38. The van der Waals surface area contributed by atoms with Crippen LogP contribution in [0.15, 0.2) is 18.2 Å². The van der Waals surface area contributed by atoms with Gasteiger partial charge in [-0.05, 0) is 31.0 Å². The molecule has 0 bridgehead atoms. The molecule has 1 saturated heterocycles. The van der Waals surface area contributed by atoms with Crippen LogP contribution in [0.2, 0.25) is 10.0 Å². The number of carbonyl (C=O) groups is 2. The van der Waals surface area contributed by atoms with Crippen molar-refractivity contribution >= 4 is 35.1 Å². The fraction of sp³-hybridized carbons (Fsp3) is 0.385. The molecule has 2 rings (SSSR count). The van der Waals surface area contributed by atoms with Crippen molar-refractivity contribution in [3.63, 3.8) is 0 Å². The molecule has 1 aliphatic heterocycles. The van der Waals surface area contributed by atoms with Crippen LogP contribution in [-0.4, -0.2) is 22.4 Å². The Morgan fingerprint density at radius 2 is 1.95 bits per heavy atom. The van der Waals surface area contributed by atoms with Gasteiger partial charge in [0.25, 0.3) is 5.91 Å². The summed E-state index contributed by atoms with van der Waals surface area (Å²) in [5.74, 6) is -0.264. The summed E-state index contributed by atoms with van der Waals surface area (Å²) in [5.41, 5.74) is 0.0161. The van der Waals surface area contributed by atoms with Gasteiger partial charge in [-0.3, -0.25) is 10.1 Å². The molecule has 1 aliphatic rings. The second kappa shape index (κ2) is 5.02. The van der Waals surface area contributed by atoms with Gasteiger partial charge in [0.2, 0.25) is 0 Å². The summed E-state index contributed by atoms with van der Waals surface area (Å²) >= 11 is 11.8. The van der Waals surface area contributed by atoms with Gasteiger partial charge in [-0.2, -0.15) is 0 Å². The second-order valence-corrected chi connectivity index (χ2v) is 5.54. The molecule has 1 aromatic carbocycles. The minimum Gasteiger partial charge on any atom is -0.306 e. The highest BCUT2D eigenvalue weighted by molar-refractivity contribution is 6.42. The predicted molar refractivity (Wildman–Crippen MR) is 74.2 cm³/mol. The first-order chi connectivity index (χ1) is 8.88. The maximum absolute atomic E-state index is 11.9. The molecule has 1 atom stereocenters. The first-order valence-corrected chi connectivity index (χ1v) is 6.71. The van der Waals surface area contributed by atoms with Gasteiger partial charge in [-0.15, -0.1) is 0 Å². The summed E-state index contributed by atoms with van der Waals surface area (Å²) in [5, 5.41) is 3.24. The summed E-state index contributed by atoms with van der Waals surface area (Å²) in [6.07, 6.45) is 0.548. The van der Waals surface area contributed by atoms with Crippen LogP contribution in [0.3, 0.4) is 0 Å². The monoisotopic (exact) mass is 300 g/mol. The number of benzene rings is 1. The van der Waals surface area contributed by atoms with E-state index in [-0.39, 0.29) is 11.9 Å². The number of halogens is 2. The Kier molecular flexibility index (Phi) is 3.74. The van der Waals surface area contributed by atoms with E-state index < -0.39 is 5.54 Å². The topological polar surface area (TPSA) is 49.4 Å². The van der Waals surface area contributed by atoms with Gasteiger partial charge >= 0.3 is 6.03 Å². The summed E-state index contributed by atoms with van der Waals surface area (Å²) in [6.45, 7) is 3.95. The Labute approximate surface area is 121 Å². The standard InChI is InChI=1S/C13H14Cl2N2O2/c1-3-13(2)11(18)16-12(19)17(13)7-8-4-5-9(14)10(15)6-8/h4-6H,3,7H2,1-2H3,(H,16,18,19). The Morgan fingerprint density at radius 1 is 1.26 bits per heavy atom. The molecular weight excluding hydrogens is 287 g/mol. The van der Waals surface area contributed by atoms with Crippen LogP contribution < -0.4 is 5.32 Å². The third-order valence-electron chi connectivity index (χ3n) is 3.56. The molecule has 4 nitrogen and oxygen atoms in total. The average molecular weight is 301 g/mol. The van der Waals surface area contributed by atoms with Gasteiger partial charge in [0.1, 0.15) is 5.54 Å². The van der Waals surface area contributed by atoms with E-state index in [9.17, 15) is 9.59 Å². The van der Waals surface area contributed by atoms with Crippen LogP contribution >= 0.6 is 23.2 Å². The highest BCUT2D eigenvalue weighted by Gasteiger charge is 2.47. The molecule has 1 heterocycles. The van der Waals surface area contributed by atoms with E-state index in [0.717, 1.165) is 5.56 Å². The zero-order valence-corrected chi connectivity index (χ0v) is 12.2. The van der Waals surface area contributed by atoms with Crippen molar-refractivity contribution in [3.05, 3.63) is 33.8 Å². The lowest BCUT2D eigenvalue weighted by molar-refractivity contribution is -0.126. The smallest absolute Gasteiger partial charge is 0.306 e. The lowest BCUT2D eigenvalue weighted by Gasteiger charge is -2.30. The molecule has 0 radical (unpaired) electrons. The number of hydrogen-bond donors (Lipinski definition) is 1. The van der Waals surface area contributed by atoms with Crippen molar-refractivity contribution < 1.29 is 9.59 Å². The molecular formula is C13H14Cl2N2O2. The van der Waals surface area contributed by atoms with Gasteiger partial charge in [-0.25, -0.2) is 4.79 Å². The third-order valence-corrected chi connectivity index (χ3v) is 4.30. The Morgan fingerprint density at radius 3 is 2.53 bits per heavy atom. The quantitative estimate of drug-likeness (QED) is 0.872. The van der Waals surface area contributed by atoms with Crippen molar-refractivity contribution in [2.24, 2.45) is 0 Å². The van der Waals surface area contributed by atoms with E-state index in [0.29, 0.717) is 23.0 Å². The van der Waals surface area contributed by atoms with Crippen molar-refractivity contribution in [2.45, 2.75) is 32.4 Å². The lowest BCUT2D eigenvalue weighted by atomic mass is 9.97. The number of hydrogen-bond acceptors (Lipinski definition) is 2. The number of nitrogens with zero attached hydrogens (tertiary/aromatic N) is 1. The minimum absolute atomic E-state index is 0.264. The highest BCUT2D eigenvalue weighted by Crippen LogP contribution is 2.29. The van der Waals surface area contributed by atoms with Gasteiger partial charge in [-0.1, -0.05) is 36.2 Å². The largest absolute Gasteiger partial charge is 0.325 e. The summed E-state index contributed by atoms with van der Waals surface area (Å²) in [7, 11) is 0. The van der Waals surface area contributed by atoms with Crippen LogP contribution in [0.25, 0.3) is 0 Å². The Bertz CT molecular complexity index is 547. The average Bonchev–Trinajstić information content (AvgIpc) is 2.58. The molecule has 19 heavy (non-hydrogen) atoms. The first kappa shape index (κ1) is 14.2. The van der Waals surface area contributed by atoms with Crippen LogP contribution in [0.5, 0.6) is 0 Å². The molecule has 1 N–H and O–H groups in total. The number of amides is 3. The van der Waals surface area contributed by atoms with Crippen molar-refractivity contribution in [3.8, 4) is 0 Å². The van der Waals surface area contributed by atoms with E-state index in [1.807, 2.05) is 6.92 Å². The summed E-state index contributed by atoms with van der Waals surface area (Å²) in [4.78, 5) is 25.2.